The van der Waals surface area contributed by atoms with E-state index in [2.05, 4.69) is 5.32 Å². The van der Waals surface area contributed by atoms with Gasteiger partial charge in [-0.1, -0.05) is 30.3 Å². The maximum atomic E-state index is 14.3. The maximum absolute atomic E-state index is 14.3. The Morgan fingerprint density at radius 3 is 2.35 bits per heavy atom. The van der Waals surface area contributed by atoms with Crippen LogP contribution in [-0.2, 0) is 17.6 Å². The van der Waals surface area contributed by atoms with E-state index in [1.165, 1.54) is 12.1 Å². The van der Waals surface area contributed by atoms with E-state index in [1.807, 2.05) is 42.5 Å². The molecule has 0 fully saturated rings. The molecule has 0 aromatic heterocycles. The third-order valence-electron chi connectivity index (χ3n) is 6.63. The summed E-state index contributed by atoms with van der Waals surface area (Å²) in [6.45, 7) is 0.357. The monoisotopic (exact) mass is 502 g/mol. The molecule has 37 heavy (non-hydrogen) atoms. The minimum Gasteiger partial charge on any atom is -0.400 e. The molecule has 7 heteroatoms. The molecule has 2 aliphatic rings. The van der Waals surface area contributed by atoms with E-state index in [0.717, 1.165) is 60.3 Å². The molecule has 0 saturated heterocycles. The highest BCUT2D eigenvalue weighted by atomic mass is 19.1. The first-order valence-electron chi connectivity index (χ1n) is 12.0. The van der Waals surface area contributed by atoms with Gasteiger partial charge in [-0.25, -0.2) is 8.78 Å². The molecule has 0 radical (unpaired) electrons. The molecule has 0 atom stereocenters. The van der Waals surface area contributed by atoms with Gasteiger partial charge in [-0.15, -0.1) is 0 Å². The predicted octanol–water partition coefficient (Wildman–Crippen LogP) is 4.60. The Labute approximate surface area is 214 Å². The third kappa shape index (κ3) is 5.84. The number of halogens is 2. The number of carbonyl (C=O) groups excluding carboxylic acids is 2. The van der Waals surface area contributed by atoms with Gasteiger partial charge in [0.15, 0.2) is 0 Å². The minimum atomic E-state index is -0.603. The second-order valence-electron chi connectivity index (χ2n) is 8.99. The van der Waals surface area contributed by atoms with Crippen LogP contribution in [0.15, 0.2) is 77.9 Å². The van der Waals surface area contributed by atoms with Crippen molar-refractivity contribution in [3.63, 3.8) is 0 Å². The second kappa shape index (κ2) is 11.3. The Hall–Kier alpha value is -4.10. The average Bonchev–Trinajstić information content (AvgIpc) is 2.91. The van der Waals surface area contributed by atoms with E-state index in [4.69, 9.17) is 10.8 Å². The van der Waals surface area contributed by atoms with Gasteiger partial charge in [-0.2, -0.15) is 0 Å². The van der Waals surface area contributed by atoms with Crippen molar-refractivity contribution in [1.82, 2.24) is 5.32 Å². The van der Waals surface area contributed by atoms with Crippen molar-refractivity contribution in [3.8, 4) is 11.1 Å². The average molecular weight is 503 g/mol. The zero-order chi connectivity index (χ0) is 26.5. The fourth-order valence-electron chi connectivity index (χ4n) is 4.74. The molecule has 5 rings (SSSR count). The summed E-state index contributed by atoms with van der Waals surface area (Å²) in [6.07, 6.45) is 6.41. The van der Waals surface area contributed by atoms with Gasteiger partial charge >= 0.3 is 0 Å². The van der Waals surface area contributed by atoms with E-state index in [1.54, 1.807) is 6.08 Å². The van der Waals surface area contributed by atoms with Crippen LogP contribution in [0.1, 0.15) is 45.5 Å². The summed E-state index contributed by atoms with van der Waals surface area (Å²) < 4.78 is 27.6. The summed E-state index contributed by atoms with van der Waals surface area (Å²) in [6, 6.07) is 15.1. The molecular weight excluding hydrogens is 474 g/mol. The molecule has 2 amide bonds. The minimum absolute atomic E-state index is 0.184. The topological polar surface area (TPSA) is 92.4 Å². The Kier molecular flexibility index (Phi) is 7.94. The second-order valence-corrected chi connectivity index (χ2v) is 8.99. The number of carbonyl (C=O) groups is 2. The largest absolute Gasteiger partial charge is 0.400 e. The van der Waals surface area contributed by atoms with Crippen LogP contribution in [0.25, 0.3) is 11.1 Å². The van der Waals surface area contributed by atoms with Crippen molar-refractivity contribution in [2.75, 3.05) is 13.7 Å². The quantitative estimate of drug-likeness (QED) is 0.373. The summed E-state index contributed by atoms with van der Waals surface area (Å²) in [5, 5.41) is 9.94. The van der Waals surface area contributed by atoms with Gasteiger partial charge in [-0.3, -0.25) is 9.59 Å². The van der Waals surface area contributed by atoms with Crippen LogP contribution in [0.5, 0.6) is 0 Å². The molecule has 0 heterocycles. The molecule has 0 spiro atoms. The SMILES string of the molecule is CO.NC(=O)C1=CCCC(CNC(=O)c2ccc3c(c2)Cc2cc(-c4ccc(F)cc4F)ccc2C3)=C1. The number of aliphatic hydroxyl groups is 1. The highest BCUT2D eigenvalue weighted by Crippen LogP contribution is 2.32. The van der Waals surface area contributed by atoms with Crippen LogP contribution in [0.3, 0.4) is 0 Å². The molecule has 4 N–H and O–H groups in total. The third-order valence-corrected chi connectivity index (χ3v) is 6.63. The van der Waals surface area contributed by atoms with Gasteiger partial charge in [0.05, 0.1) is 0 Å². The van der Waals surface area contributed by atoms with E-state index >= 15 is 0 Å². The van der Waals surface area contributed by atoms with Crippen LogP contribution >= 0.6 is 0 Å². The van der Waals surface area contributed by atoms with E-state index in [0.29, 0.717) is 35.2 Å². The number of hydrogen-bond acceptors (Lipinski definition) is 3. The van der Waals surface area contributed by atoms with Gasteiger partial charge in [-0.05, 0) is 89.4 Å². The number of benzene rings is 3. The van der Waals surface area contributed by atoms with Crippen LogP contribution in [-0.4, -0.2) is 30.6 Å². The number of fused-ring (bicyclic) bond motifs is 2. The molecule has 0 bridgehead atoms. The lowest BCUT2D eigenvalue weighted by molar-refractivity contribution is -0.114. The highest BCUT2D eigenvalue weighted by molar-refractivity contribution is 5.96. The smallest absolute Gasteiger partial charge is 0.251 e. The zero-order valence-corrected chi connectivity index (χ0v) is 20.5. The fourth-order valence-corrected chi connectivity index (χ4v) is 4.74. The maximum Gasteiger partial charge on any atom is 0.251 e. The number of hydrogen-bond donors (Lipinski definition) is 3. The summed E-state index contributed by atoms with van der Waals surface area (Å²) >= 11 is 0. The first kappa shape index (κ1) is 26.0. The Morgan fingerprint density at radius 1 is 0.919 bits per heavy atom. The predicted molar refractivity (Wildman–Crippen MR) is 139 cm³/mol. The van der Waals surface area contributed by atoms with Crippen molar-refractivity contribution in [2.45, 2.75) is 25.7 Å². The number of amides is 2. The first-order valence-corrected chi connectivity index (χ1v) is 12.0. The number of nitrogens with one attached hydrogen (secondary N) is 1. The van der Waals surface area contributed by atoms with Crippen molar-refractivity contribution >= 4 is 11.8 Å². The summed E-state index contributed by atoms with van der Waals surface area (Å²) in [5.74, 6) is -1.84. The van der Waals surface area contributed by atoms with E-state index in [9.17, 15) is 18.4 Å². The molecule has 0 unspecified atom stereocenters. The van der Waals surface area contributed by atoms with Crippen molar-refractivity contribution in [2.24, 2.45) is 5.73 Å². The normalized spacial score (nSPS) is 13.7. The van der Waals surface area contributed by atoms with E-state index in [-0.39, 0.29) is 5.91 Å². The highest BCUT2D eigenvalue weighted by Gasteiger charge is 2.19. The lowest BCUT2D eigenvalue weighted by Gasteiger charge is -2.21. The molecule has 0 aliphatic heterocycles. The number of primary amides is 1. The van der Waals surface area contributed by atoms with Crippen LogP contribution in [0.4, 0.5) is 8.78 Å². The fraction of sp³-hybridized carbons (Fsp3) is 0.200. The van der Waals surface area contributed by atoms with Crippen LogP contribution < -0.4 is 11.1 Å². The first-order chi connectivity index (χ1) is 17.9. The molecule has 3 aromatic carbocycles. The molecule has 2 aliphatic carbocycles. The van der Waals surface area contributed by atoms with Gasteiger partial charge in [0.1, 0.15) is 11.6 Å². The number of aliphatic hydroxyl groups excluding tert-OH is 1. The Morgan fingerprint density at radius 2 is 1.62 bits per heavy atom. The Balaban J connectivity index is 0.00000156. The standard InChI is InChI=1S/C29H24F2N2O2.CH4O/c30-25-8-9-26(27(31)15-25)20-6-4-18-11-19-5-7-22(13-24(19)14-23(18)12-20)29(35)33-16-17-2-1-3-21(10-17)28(32)34;1-2/h3-10,12-13,15H,1-2,11,14,16H2,(H2,32,34)(H,33,35);2H,1H3. The van der Waals surface area contributed by atoms with Gasteiger partial charge in [0.2, 0.25) is 5.91 Å². The molecule has 3 aromatic rings. The van der Waals surface area contributed by atoms with Crippen molar-refractivity contribution in [3.05, 3.63) is 117 Å². The van der Waals surface area contributed by atoms with Gasteiger partial charge in [0, 0.05) is 36.4 Å². The molecule has 0 saturated carbocycles. The number of allylic oxidation sites excluding steroid dienone is 1. The molecule has 5 nitrogen and oxygen atoms in total. The zero-order valence-electron chi connectivity index (χ0n) is 20.5. The Bertz CT molecular complexity index is 1430. The summed E-state index contributed by atoms with van der Waals surface area (Å²) in [4.78, 5) is 24.2. The van der Waals surface area contributed by atoms with Crippen LogP contribution in [0.2, 0.25) is 0 Å². The van der Waals surface area contributed by atoms with Crippen LogP contribution in [0, 0.1) is 11.6 Å². The van der Waals surface area contributed by atoms with Crippen molar-refractivity contribution in [1.29, 1.82) is 0 Å². The summed E-state index contributed by atoms with van der Waals surface area (Å²) in [5.41, 5.74) is 12.8. The molecular formula is C30H28F2N2O3. The van der Waals surface area contributed by atoms with E-state index < -0.39 is 17.5 Å². The number of nitrogens with two attached hydrogens (primary N) is 1. The lowest BCUT2D eigenvalue weighted by atomic mass is 9.83. The number of rotatable bonds is 5. The lowest BCUT2D eigenvalue weighted by Crippen LogP contribution is -2.27. The van der Waals surface area contributed by atoms with Crippen molar-refractivity contribution < 1.29 is 23.5 Å². The summed E-state index contributed by atoms with van der Waals surface area (Å²) in [7, 11) is 1.00. The van der Waals surface area contributed by atoms with Gasteiger partial charge < -0.3 is 16.2 Å². The van der Waals surface area contributed by atoms with Gasteiger partial charge in [0.25, 0.3) is 5.91 Å². The molecule has 190 valence electrons.